The Bertz CT molecular complexity index is 1310. The van der Waals surface area contributed by atoms with E-state index >= 15 is 0 Å². The van der Waals surface area contributed by atoms with Gasteiger partial charge in [0.25, 0.3) is 5.91 Å². The molecule has 4 rings (SSSR count). The van der Waals surface area contributed by atoms with Gasteiger partial charge >= 0.3 is 0 Å². The number of aliphatic hydroxyl groups excluding tert-OH is 1. The van der Waals surface area contributed by atoms with E-state index in [0.29, 0.717) is 46.7 Å². The van der Waals surface area contributed by atoms with Crippen molar-refractivity contribution in [3.05, 3.63) is 63.9 Å². The molecule has 11 nitrogen and oxygen atoms in total. The number of nitrogens with one attached hydrogen (secondary N) is 1. The van der Waals surface area contributed by atoms with Gasteiger partial charge in [-0.25, -0.2) is 4.68 Å². The Morgan fingerprint density at radius 1 is 1.26 bits per heavy atom. The normalized spacial score (nSPS) is 18.2. The highest BCUT2D eigenvalue weighted by Crippen LogP contribution is 2.31. The second-order valence-corrected chi connectivity index (χ2v) is 10.6. The number of carbonyl (C=O) groups is 2. The number of aliphatic hydroxyl groups is 1. The van der Waals surface area contributed by atoms with E-state index in [1.165, 1.54) is 11.0 Å². The molecule has 2 heterocycles. The number of rotatable bonds is 9. The number of fused-ring (bicyclic) bond motifs is 1. The SMILES string of the molecule is C[C@H](CO)N1C[C@H](C)[C@H](CN(C)Cc2ccc(Cl)c(Cl)c2)Oc2ccc(NC(=O)Cn3cnnn3)cc2C1=O. The number of anilines is 1. The first-order valence-electron chi connectivity index (χ1n) is 12.5. The number of amides is 2. The number of likely N-dealkylation sites (N-methyl/N-ethyl adjacent to an activating group) is 1. The van der Waals surface area contributed by atoms with E-state index in [9.17, 15) is 14.7 Å². The topological polar surface area (TPSA) is 126 Å². The highest BCUT2D eigenvalue weighted by atomic mass is 35.5. The summed E-state index contributed by atoms with van der Waals surface area (Å²) in [5.41, 5.74) is 1.75. The zero-order valence-corrected chi connectivity index (χ0v) is 23.4. The molecule has 3 aromatic rings. The Kier molecular flexibility index (Phi) is 9.39. The largest absolute Gasteiger partial charge is 0.488 e. The van der Waals surface area contributed by atoms with Crippen LogP contribution in [0, 0.1) is 5.92 Å². The fraction of sp³-hybridized carbons (Fsp3) is 0.423. The minimum Gasteiger partial charge on any atom is -0.488 e. The average molecular weight is 576 g/mol. The van der Waals surface area contributed by atoms with Crippen LogP contribution in [0.4, 0.5) is 5.69 Å². The molecule has 0 fully saturated rings. The van der Waals surface area contributed by atoms with Crippen LogP contribution in [0.5, 0.6) is 5.75 Å². The molecule has 3 atom stereocenters. The van der Waals surface area contributed by atoms with E-state index in [1.54, 1.807) is 36.1 Å². The summed E-state index contributed by atoms with van der Waals surface area (Å²) < 4.78 is 7.73. The van der Waals surface area contributed by atoms with Crippen LogP contribution >= 0.6 is 23.2 Å². The Morgan fingerprint density at radius 3 is 2.74 bits per heavy atom. The highest BCUT2D eigenvalue weighted by Gasteiger charge is 2.33. The summed E-state index contributed by atoms with van der Waals surface area (Å²) in [5.74, 6) is -0.258. The minimum atomic E-state index is -0.404. The van der Waals surface area contributed by atoms with Crippen LogP contribution < -0.4 is 10.1 Å². The Morgan fingerprint density at radius 2 is 2.05 bits per heavy atom. The van der Waals surface area contributed by atoms with E-state index in [2.05, 4.69) is 25.7 Å². The standard InChI is InChI=1S/C26H31Cl2N7O4/c1-16-10-35(17(2)14-36)26(38)20-9-19(30-25(37)13-34-15-29-31-32-34)5-7-23(20)39-24(16)12-33(3)11-18-4-6-21(27)22(28)8-18/h4-9,15-17,24,36H,10-14H2,1-3H3,(H,30,37)/t16-,17+,24-/m0/s1. The predicted molar refractivity (Wildman–Crippen MR) is 147 cm³/mol. The van der Waals surface area contributed by atoms with Crippen LogP contribution in [0.3, 0.4) is 0 Å². The summed E-state index contributed by atoms with van der Waals surface area (Å²) >= 11 is 12.3. The third-order valence-electron chi connectivity index (χ3n) is 6.57. The molecule has 1 aromatic heterocycles. The molecule has 2 aromatic carbocycles. The van der Waals surface area contributed by atoms with Gasteiger partial charge in [-0.3, -0.25) is 14.5 Å². The maximum Gasteiger partial charge on any atom is 0.258 e. The number of nitrogens with zero attached hydrogens (tertiary/aromatic N) is 6. The van der Waals surface area contributed by atoms with Gasteiger partial charge in [0.15, 0.2) is 0 Å². The maximum atomic E-state index is 13.6. The molecular formula is C26H31Cl2N7O4. The Balaban J connectivity index is 1.56. The van der Waals surface area contributed by atoms with Crippen molar-refractivity contribution in [1.29, 1.82) is 0 Å². The lowest BCUT2D eigenvalue weighted by Crippen LogP contribution is -2.49. The zero-order chi connectivity index (χ0) is 28.1. The number of halogens is 2. The first-order chi connectivity index (χ1) is 18.6. The molecule has 2 N–H and O–H groups in total. The van der Waals surface area contributed by atoms with Crippen LogP contribution in [0.25, 0.3) is 0 Å². The van der Waals surface area contributed by atoms with Gasteiger partial charge in [0, 0.05) is 31.2 Å². The van der Waals surface area contributed by atoms with Gasteiger partial charge in [-0.15, -0.1) is 5.10 Å². The molecule has 0 unspecified atom stereocenters. The molecule has 0 saturated heterocycles. The highest BCUT2D eigenvalue weighted by molar-refractivity contribution is 6.42. The van der Waals surface area contributed by atoms with E-state index in [4.69, 9.17) is 27.9 Å². The molecule has 39 heavy (non-hydrogen) atoms. The molecule has 13 heteroatoms. The van der Waals surface area contributed by atoms with Gasteiger partial charge in [-0.05, 0) is 60.3 Å². The zero-order valence-electron chi connectivity index (χ0n) is 21.9. The third-order valence-corrected chi connectivity index (χ3v) is 7.31. The number of tetrazole rings is 1. The van der Waals surface area contributed by atoms with Crippen LogP contribution in [0.15, 0.2) is 42.7 Å². The quantitative estimate of drug-likeness (QED) is 0.399. The molecule has 0 saturated carbocycles. The van der Waals surface area contributed by atoms with Gasteiger partial charge in [-0.1, -0.05) is 36.2 Å². The predicted octanol–water partition coefficient (Wildman–Crippen LogP) is 2.97. The summed E-state index contributed by atoms with van der Waals surface area (Å²) in [5, 5.41) is 24.4. The summed E-state index contributed by atoms with van der Waals surface area (Å²) in [4.78, 5) is 29.9. The van der Waals surface area contributed by atoms with Crippen molar-refractivity contribution in [3.63, 3.8) is 0 Å². The van der Waals surface area contributed by atoms with Crippen LogP contribution in [0.1, 0.15) is 29.8 Å². The molecule has 1 aliphatic rings. The fourth-order valence-corrected chi connectivity index (χ4v) is 4.76. The number of hydrogen-bond donors (Lipinski definition) is 2. The first kappa shape index (κ1) is 28.8. The first-order valence-corrected chi connectivity index (χ1v) is 13.3. The van der Waals surface area contributed by atoms with Gasteiger partial charge in [-0.2, -0.15) is 0 Å². The molecule has 1 aliphatic heterocycles. The lowest BCUT2D eigenvalue weighted by molar-refractivity contribution is -0.116. The van der Waals surface area contributed by atoms with Crippen molar-refractivity contribution in [2.75, 3.05) is 32.1 Å². The Hall–Kier alpha value is -3.25. The molecule has 0 radical (unpaired) electrons. The van der Waals surface area contributed by atoms with Crippen molar-refractivity contribution < 1.29 is 19.4 Å². The summed E-state index contributed by atoms with van der Waals surface area (Å²) in [7, 11) is 1.99. The second-order valence-electron chi connectivity index (χ2n) is 9.83. The van der Waals surface area contributed by atoms with Gasteiger partial charge in [0.2, 0.25) is 5.91 Å². The smallest absolute Gasteiger partial charge is 0.258 e. The molecule has 0 aliphatic carbocycles. The molecule has 0 spiro atoms. The molecule has 208 valence electrons. The third kappa shape index (κ3) is 7.24. The van der Waals surface area contributed by atoms with Crippen molar-refractivity contribution in [2.45, 2.75) is 39.1 Å². The maximum absolute atomic E-state index is 13.6. The van der Waals surface area contributed by atoms with Crippen molar-refractivity contribution in [1.82, 2.24) is 30.0 Å². The lowest BCUT2D eigenvalue weighted by atomic mass is 9.99. The van der Waals surface area contributed by atoms with E-state index in [-0.39, 0.29) is 37.0 Å². The van der Waals surface area contributed by atoms with E-state index in [1.807, 2.05) is 26.1 Å². The number of carbonyl (C=O) groups excluding carboxylic acids is 2. The second kappa shape index (κ2) is 12.7. The number of ether oxygens (including phenoxy) is 1. The summed E-state index contributed by atoms with van der Waals surface area (Å²) in [6.45, 7) is 5.16. The summed E-state index contributed by atoms with van der Waals surface area (Å²) in [6, 6.07) is 10.1. The number of aromatic nitrogens is 4. The van der Waals surface area contributed by atoms with Crippen LogP contribution in [-0.4, -0.2) is 85.8 Å². The fourth-order valence-electron chi connectivity index (χ4n) is 4.44. The molecular weight excluding hydrogens is 545 g/mol. The molecule has 2 amide bonds. The van der Waals surface area contributed by atoms with Crippen molar-refractivity contribution >= 4 is 40.7 Å². The Labute approximate surface area is 236 Å². The van der Waals surface area contributed by atoms with Gasteiger partial charge in [0.05, 0.1) is 28.3 Å². The monoisotopic (exact) mass is 575 g/mol. The van der Waals surface area contributed by atoms with E-state index < -0.39 is 6.04 Å². The van der Waals surface area contributed by atoms with Gasteiger partial charge < -0.3 is 20.1 Å². The number of benzene rings is 2. The summed E-state index contributed by atoms with van der Waals surface area (Å²) in [6.07, 6.45) is 1.07. The minimum absolute atomic E-state index is 0.0389. The van der Waals surface area contributed by atoms with Crippen molar-refractivity contribution in [2.24, 2.45) is 5.92 Å². The average Bonchev–Trinajstić information content (AvgIpc) is 3.41. The van der Waals surface area contributed by atoms with Crippen LogP contribution in [-0.2, 0) is 17.9 Å². The van der Waals surface area contributed by atoms with Crippen LogP contribution in [0.2, 0.25) is 10.0 Å². The lowest BCUT2D eigenvalue weighted by Gasteiger charge is -2.38. The van der Waals surface area contributed by atoms with E-state index in [0.717, 1.165) is 5.56 Å². The number of hydrogen-bond acceptors (Lipinski definition) is 8. The van der Waals surface area contributed by atoms with Gasteiger partial charge in [0.1, 0.15) is 24.7 Å². The molecule has 0 bridgehead atoms. The van der Waals surface area contributed by atoms with Crippen molar-refractivity contribution in [3.8, 4) is 5.75 Å².